The molecule has 0 amide bonds. The van der Waals surface area contributed by atoms with Gasteiger partial charge in [0.25, 0.3) is 0 Å². The van der Waals surface area contributed by atoms with E-state index in [0.717, 1.165) is 32.8 Å². The first-order chi connectivity index (χ1) is 17.4. The van der Waals surface area contributed by atoms with E-state index in [1.165, 1.54) is 0 Å². The van der Waals surface area contributed by atoms with Gasteiger partial charge in [-0.15, -0.1) is 0 Å². The van der Waals surface area contributed by atoms with Crippen LogP contribution in [0.25, 0.3) is 11.2 Å². The van der Waals surface area contributed by atoms with Gasteiger partial charge >= 0.3 is 5.97 Å². The molecule has 200 valence electrons. The molecule has 36 heavy (non-hydrogen) atoms. The molecule has 13 heteroatoms. The lowest BCUT2D eigenvalue weighted by atomic mass is 10.2. The van der Waals surface area contributed by atoms with Gasteiger partial charge in [0, 0.05) is 32.8 Å². The number of carbonyl (C=O) groups is 1. The smallest absolute Gasteiger partial charge is 0.335 e. The van der Waals surface area contributed by atoms with Crippen LogP contribution < -0.4 is 15.8 Å². The third kappa shape index (κ3) is 6.10. The molecule has 2 aromatic heterocycles. The molecular weight excluding hydrogens is 470 g/mol. The van der Waals surface area contributed by atoms with Gasteiger partial charge < -0.3 is 30.1 Å². The minimum absolute atomic E-state index is 0.273. The average molecular weight is 508 g/mol. The Balaban J connectivity index is 0.00000176. The molecule has 3 heterocycles. The molecule has 0 aromatic carbocycles. The second-order valence-corrected chi connectivity index (χ2v) is 8.56. The number of fused-ring (bicyclic) bond motifs is 1. The molecule has 1 saturated carbocycles. The van der Waals surface area contributed by atoms with Gasteiger partial charge in [-0.05, 0) is 26.7 Å². The molecule has 3 atom stereocenters. The van der Waals surface area contributed by atoms with Crippen LogP contribution in [-0.2, 0) is 14.3 Å². The van der Waals surface area contributed by atoms with Gasteiger partial charge in [-0.2, -0.15) is 9.97 Å². The number of aliphatic hydroxyl groups is 3. The zero-order valence-electron chi connectivity index (χ0n) is 21.2. The van der Waals surface area contributed by atoms with Gasteiger partial charge in [-0.3, -0.25) is 9.58 Å². The second kappa shape index (κ2) is 12.9. The van der Waals surface area contributed by atoms with Crippen molar-refractivity contribution in [3.63, 3.8) is 0 Å². The van der Waals surface area contributed by atoms with Crippen molar-refractivity contribution >= 4 is 28.9 Å². The summed E-state index contributed by atoms with van der Waals surface area (Å²) in [7, 11) is 2.70. The van der Waals surface area contributed by atoms with E-state index < -0.39 is 24.4 Å². The van der Waals surface area contributed by atoms with E-state index in [4.69, 9.17) is 24.5 Å². The lowest BCUT2D eigenvalue weighted by molar-refractivity contribution is -0.138. The highest BCUT2D eigenvalue weighted by Crippen LogP contribution is 2.33. The summed E-state index contributed by atoms with van der Waals surface area (Å²) >= 11 is 0. The number of carbonyl (C=O) groups excluding carboxylic acids is 1. The lowest BCUT2D eigenvalue weighted by Crippen LogP contribution is -2.32. The summed E-state index contributed by atoms with van der Waals surface area (Å²) in [5, 5.41) is 31.7. The molecule has 1 saturated heterocycles. The Morgan fingerprint density at radius 2 is 2.06 bits per heavy atom. The summed E-state index contributed by atoms with van der Waals surface area (Å²) in [6.07, 6.45) is 5.95. The van der Waals surface area contributed by atoms with Crippen LogP contribution in [0, 0.1) is 0 Å². The van der Waals surface area contributed by atoms with Crippen LogP contribution in [0.5, 0.6) is 0 Å². The van der Waals surface area contributed by atoms with Crippen LogP contribution in [0.2, 0.25) is 0 Å². The lowest BCUT2D eigenvalue weighted by Gasteiger charge is -2.21. The van der Waals surface area contributed by atoms with Crippen molar-refractivity contribution in [3.8, 4) is 0 Å². The van der Waals surface area contributed by atoms with Crippen LogP contribution in [0.15, 0.2) is 18.1 Å². The highest BCUT2D eigenvalue weighted by Gasteiger charge is 2.35. The molecule has 0 bridgehead atoms. The Morgan fingerprint density at radius 1 is 1.33 bits per heavy atom. The van der Waals surface area contributed by atoms with E-state index in [1.54, 1.807) is 43.0 Å². The molecule has 0 unspecified atom stereocenters. The normalized spacial score (nSPS) is 22.4. The van der Waals surface area contributed by atoms with Crippen LogP contribution in [-0.4, -0.2) is 86.4 Å². The summed E-state index contributed by atoms with van der Waals surface area (Å²) in [6.45, 7) is 3.42. The van der Waals surface area contributed by atoms with Crippen LogP contribution in [0.1, 0.15) is 52.2 Å². The number of hydrogen-bond donors (Lipinski definition) is 5. The molecule has 2 aliphatic rings. The molecule has 0 radical (unpaired) electrons. The minimum atomic E-state index is -0.784. The maximum atomic E-state index is 12.1. The average Bonchev–Trinajstić information content (AvgIpc) is 3.63. The van der Waals surface area contributed by atoms with Crippen molar-refractivity contribution in [2.45, 2.75) is 70.4 Å². The fraction of sp³-hybridized carbons (Fsp3) is 0.652. The molecule has 2 fully saturated rings. The van der Waals surface area contributed by atoms with Gasteiger partial charge in [-0.1, -0.05) is 12.8 Å². The van der Waals surface area contributed by atoms with Crippen LogP contribution in [0.4, 0.5) is 11.8 Å². The predicted molar refractivity (Wildman–Crippen MR) is 133 cm³/mol. The quantitative estimate of drug-likeness (QED) is 0.185. The Kier molecular flexibility index (Phi) is 9.96. The van der Waals surface area contributed by atoms with Crippen molar-refractivity contribution in [2.75, 3.05) is 37.7 Å². The monoisotopic (exact) mass is 507 g/mol. The first-order valence-corrected chi connectivity index (χ1v) is 12.2. The third-order valence-corrected chi connectivity index (χ3v) is 6.18. The van der Waals surface area contributed by atoms with Crippen molar-refractivity contribution in [3.05, 3.63) is 18.1 Å². The number of anilines is 2. The predicted octanol–water partition coefficient (Wildman–Crippen LogP) is 0.838. The van der Waals surface area contributed by atoms with E-state index in [2.05, 4.69) is 15.7 Å². The molecule has 1 aliphatic heterocycles. The number of aromatic nitrogens is 4. The Labute approximate surface area is 210 Å². The SMILES string of the molecule is CCOC(=O)/C(C)=C/N(NC)c1nc(NC2CCCC2)c2ncn([C@H]3C[C@H](O)[C@@H](CO)O3)c2n1.CO. The van der Waals surface area contributed by atoms with Gasteiger partial charge in [0.15, 0.2) is 17.0 Å². The number of imidazole rings is 1. The van der Waals surface area contributed by atoms with E-state index in [1.807, 2.05) is 0 Å². The number of ether oxygens (including phenoxy) is 2. The number of esters is 1. The second-order valence-electron chi connectivity index (χ2n) is 8.56. The standard InChI is InChI=1S/C22H33N7O5.CH4O/c1-4-33-21(32)13(2)10-29(23-3)22-26-19(25-14-7-5-6-8-14)18-20(27-22)28(12-24-18)17-9-15(31)16(11-30)34-17;1-2/h10,12,14-17,23,30-31H,4-9,11H2,1-3H3,(H,25,26,27);2H,1H3/b13-10+;/t15-,16+,17+;/m0./s1. The highest BCUT2D eigenvalue weighted by molar-refractivity contribution is 5.88. The Morgan fingerprint density at radius 3 is 2.67 bits per heavy atom. The molecular formula is C23H37N7O6. The molecule has 5 N–H and O–H groups in total. The number of hydrogen-bond acceptors (Lipinski definition) is 12. The van der Waals surface area contributed by atoms with Crippen molar-refractivity contribution < 1.29 is 29.6 Å². The summed E-state index contributed by atoms with van der Waals surface area (Å²) < 4.78 is 12.7. The van der Waals surface area contributed by atoms with E-state index in [-0.39, 0.29) is 13.2 Å². The number of hydrazine groups is 1. The number of nitrogens with zero attached hydrogens (tertiary/aromatic N) is 5. The number of rotatable bonds is 9. The fourth-order valence-corrected chi connectivity index (χ4v) is 4.35. The van der Waals surface area contributed by atoms with Crippen molar-refractivity contribution in [1.82, 2.24) is 24.9 Å². The van der Waals surface area contributed by atoms with Crippen molar-refractivity contribution in [1.29, 1.82) is 0 Å². The molecule has 13 nitrogen and oxygen atoms in total. The van der Waals surface area contributed by atoms with E-state index >= 15 is 0 Å². The molecule has 4 rings (SSSR count). The van der Waals surface area contributed by atoms with Gasteiger partial charge in [0.05, 0.1) is 31.2 Å². The molecule has 1 aliphatic carbocycles. The first-order valence-electron chi connectivity index (χ1n) is 12.2. The molecule has 0 spiro atoms. The Hall–Kier alpha value is -2.84. The van der Waals surface area contributed by atoms with Crippen LogP contribution >= 0.6 is 0 Å². The van der Waals surface area contributed by atoms with Gasteiger partial charge in [0.2, 0.25) is 5.95 Å². The Bertz CT molecular complexity index is 1040. The number of nitrogens with one attached hydrogen (secondary N) is 2. The maximum absolute atomic E-state index is 12.1. The highest BCUT2D eigenvalue weighted by atomic mass is 16.5. The molecule has 2 aromatic rings. The topological polar surface area (TPSA) is 167 Å². The van der Waals surface area contributed by atoms with Gasteiger partial charge in [0.1, 0.15) is 12.3 Å². The zero-order chi connectivity index (χ0) is 26.2. The number of aliphatic hydroxyl groups excluding tert-OH is 3. The third-order valence-electron chi connectivity index (χ3n) is 6.18. The summed E-state index contributed by atoms with van der Waals surface area (Å²) in [4.78, 5) is 26.1. The maximum Gasteiger partial charge on any atom is 0.335 e. The van der Waals surface area contributed by atoms with Crippen LogP contribution in [0.3, 0.4) is 0 Å². The minimum Gasteiger partial charge on any atom is -0.463 e. The van der Waals surface area contributed by atoms with Gasteiger partial charge in [-0.25, -0.2) is 15.2 Å². The zero-order valence-corrected chi connectivity index (χ0v) is 21.2. The largest absolute Gasteiger partial charge is 0.463 e. The fourth-order valence-electron chi connectivity index (χ4n) is 4.35. The summed E-state index contributed by atoms with van der Waals surface area (Å²) in [6, 6.07) is 0.291. The first kappa shape index (κ1) is 27.7. The summed E-state index contributed by atoms with van der Waals surface area (Å²) in [5.74, 6) is 0.463. The van der Waals surface area contributed by atoms with E-state index in [9.17, 15) is 15.0 Å². The van der Waals surface area contributed by atoms with Crippen molar-refractivity contribution in [2.24, 2.45) is 0 Å². The summed E-state index contributed by atoms with van der Waals surface area (Å²) in [5.41, 5.74) is 4.48. The van der Waals surface area contributed by atoms with E-state index in [0.29, 0.717) is 41.0 Å².